The second kappa shape index (κ2) is 5.75. The molecule has 0 bridgehead atoms. The molecule has 0 aliphatic heterocycles. The monoisotopic (exact) mass is 330 g/mol. The summed E-state index contributed by atoms with van der Waals surface area (Å²) in [6.45, 7) is 3.96. The Morgan fingerprint density at radius 2 is 2.00 bits per heavy atom. The molecule has 1 N–H and O–H groups in total. The van der Waals surface area contributed by atoms with E-state index in [1.54, 1.807) is 37.6 Å². The molecule has 2 aromatic heterocycles. The molecule has 7 heteroatoms. The quantitative estimate of drug-likeness (QED) is 0.796. The van der Waals surface area contributed by atoms with Crippen LogP contribution in [0, 0.1) is 13.8 Å². The zero-order valence-electron chi connectivity index (χ0n) is 13.2. The molecule has 0 saturated heterocycles. The van der Waals surface area contributed by atoms with Crippen LogP contribution in [0.4, 0.5) is 0 Å². The van der Waals surface area contributed by atoms with Crippen LogP contribution in [0.2, 0.25) is 0 Å². The molecule has 0 atom stereocenters. The van der Waals surface area contributed by atoms with Crippen molar-refractivity contribution in [3.8, 4) is 0 Å². The second-order valence-electron chi connectivity index (χ2n) is 5.51. The summed E-state index contributed by atoms with van der Waals surface area (Å²) in [5, 5.41) is 1.47. The molecular formula is C16H18N4O2S. The fourth-order valence-corrected chi connectivity index (χ4v) is 3.94. The van der Waals surface area contributed by atoms with Crippen molar-refractivity contribution in [2.24, 2.45) is 0 Å². The summed E-state index contributed by atoms with van der Waals surface area (Å²) >= 11 is 0. The molecule has 0 unspecified atom stereocenters. The fraction of sp³-hybridized carbons (Fsp3) is 0.250. The van der Waals surface area contributed by atoms with E-state index in [-0.39, 0.29) is 11.4 Å². The van der Waals surface area contributed by atoms with Crippen LogP contribution in [0.15, 0.2) is 41.6 Å². The maximum Gasteiger partial charge on any atom is 0.243 e. The lowest BCUT2D eigenvalue weighted by Crippen LogP contribution is -2.27. The maximum atomic E-state index is 12.9. The van der Waals surface area contributed by atoms with Gasteiger partial charge in [0.2, 0.25) is 10.0 Å². The van der Waals surface area contributed by atoms with Crippen LogP contribution in [0.3, 0.4) is 0 Å². The van der Waals surface area contributed by atoms with Gasteiger partial charge >= 0.3 is 0 Å². The Morgan fingerprint density at radius 3 is 2.70 bits per heavy atom. The Balaban J connectivity index is 2.01. The van der Waals surface area contributed by atoms with Crippen LogP contribution in [-0.2, 0) is 16.6 Å². The molecule has 0 radical (unpaired) electrons. The first-order valence-electron chi connectivity index (χ1n) is 7.21. The number of imidazole rings is 1. The second-order valence-corrected chi connectivity index (χ2v) is 7.52. The molecule has 3 rings (SSSR count). The number of pyridine rings is 1. The van der Waals surface area contributed by atoms with Gasteiger partial charge in [0.15, 0.2) is 0 Å². The number of aromatic nitrogens is 3. The third-order valence-electron chi connectivity index (χ3n) is 3.81. The maximum absolute atomic E-state index is 12.9. The van der Waals surface area contributed by atoms with E-state index < -0.39 is 10.0 Å². The van der Waals surface area contributed by atoms with Gasteiger partial charge < -0.3 is 4.98 Å². The lowest BCUT2D eigenvalue weighted by atomic mass is 10.2. The molecule has 1 aromatic carbocycles. The highest BCUT2D eigenvalue weighted by Gasteiger charge is 2.24. The van der Waals surface area contributed by atoms with Gasteiger partial charge in [-0.15, -0.1) is 0 Å². The molecule has 23 heavy (non-hydrogen) atoms. The number of aryl methyl sites for hydroxylation is 2. The summed E-state index contributed by atoms with van der Waals surface area (Å²) in [6, 6.07) is 6.92. The third-order valence-corrected chi connectivity index (χ3v) is 5.67. The average Bonchev–Trinajstić information content (AvgIpc) is 2.84. The van der Waals surface area contributed by atoms with Crippen LogP contribution in [-0.4, -0.2) is 34.7 Å². The average molecular weight is 330 g/mol. The normalized spacial score (nSPS) is 12.2. The number of H-pyrrole nitrogens is 1. The number of hydrogen-bond acceptors (Lipinski definition) is 4. The van der Waals surface area contributed by atoms with Crippen molar-refractivity contribution in [2.45, 2.75) is 25.3 Å². The molecule has 120 valence electrons. The van der Waals surface area contributed by atoms with Crippen molar-refractivity contribution in [3.63, 3.8) is 0 Å². The van der Waals surface area contributed by atoms with Gasteiger partial charge in [-0.2, -0.15) is 4.31 Å². The minimum absolute atomic E-state index is 0.222. The Bertz CT molecular complexity index is 958. The predicted molar refractivity (Wildman–Crippen MR) is 88.5 cm³/mol. The zero-order valence-corrected chi connectivity index (χ0v) is 14.1. The van der Waals surface area contributed by atoms with Gasteiger partial charge in [-0.25, -0.2) is 13.4 Å². The highest BCUT2D eigenvalue weighted by Crippen LogP contribution is 2.25. The number of fused-ring (bicyclic) bond motifs is 1. The highest BCUT2D eigenvalue weighted by atomic mass is 32.2. The van der Waals surface area contributed by atoms with E-state index in [9.17, 15) is 8.42 Å². The number of hydrogen-bond donors (Lipinski definition) is 1. The van der Waals surface area contributed by atoms with Crippen LogP contribution in [0.25, 0.3) is 10.8 Å². The van der Waals surface area contributed by atoms with Gasteiger partial charge in [0, 0.05) is 35.9 Å². The molecule has 3 aromatic rings. The summed E-state index contributed by atoms with van der Waals surface area (Å²) < 4.78 is 27.2. The van der Waals surface area contributed by atoms with Crippen molar-refractivity contribution < 1.29 is 8.42 Å². The Labute approximate surface area is 135 Å². The summed E-state index contributed by atoms with van der Waals surface area (Å²) in [6.07, 6.45) is 3.26. The SMILES string of the molecule is Cc1nc(CN(C)S(=O)(=O)c2cccc3cnccc23)c(C)[nH]1. The van der Waals surface area contributed by atoms with Crippen molar-refractivity contribution in [1.82, 2.24) is 19.3 Å². The number of rotatable bonds is 4. The Morgan fingerprint density at radius 1 is 1.22 bits per heavy atom. The lowest BCUT2D eigenvalue weighted by molar-refractivity contribution is 0.462. The van der Waals surface area contributed by atoms with E-state index >= 15 is 0 Å². The van der Waals surface area contributed by atoms with E-state index in [0.29, 0.717) is 5.39 Å². The van der Waals surface area contributed by atoms with E-state index in [1.807, 2.05) is 19.9 Å². The van der Waals surface area contributed by atoms with Crippen LogP contribution in [0.5, 0.6) is 0 Å². The number of nitrogens with one attached hydrogen (secondary N) is 1. The summed E-state index contributed by atoms with van der Waals surface area (Å²) in [5.41, 5.74) is 1.61. The van der Waals surface area contributed by atoms with Gasteiger partial charge in [-0.05, 0) is 26.0 Å². The molecule has 0 aliphatic rings. The van der Waals surface area contributed by atoms with Crippen molar-refractivity contribution in [2.75, 3.05) is 7.05 Å². The van der Waals surface area contributed by atoms with Gasteiger partial charge in [0.05, 0.1) is 17.1 Å². The van der Waals surface area contributed by atoms with Crippen molar-refractivity contribution in [3.05, 3.63) is 53.9 Å². The number of aromatic amines is 1. The summed E-state index contributed by atoms with van der Waals surface area (Å²) in [4.78, 5) is 11.8. The fourth-order valence-electron chi connectivity index (χ4n) is 2.59. The van der Waals surface area contributed by atoms with Crippen molar-refractivity contribution >= 4 is 20.8 Å². The topological polar surface area (TPSA) is 79.0 Å². The highest BCUT2D eigenvalue weighted by molar-refractivity contribution is 7.89. The van der Waals surface area contributed by atoms with Gasteiger partial charge in [0.1, 0.15) is 5.82 Å². The van der Waals surface area contributed by atoms with E-state index in [4.69, 9.17) is 0 Å². The minimum Gasteiger partial charge on any atom is -0.346 e. The van der Waals surface area contributed by atoms with E-state index in [1.165, 1.54) is 4.31 Å². The molecule has 0 spiro atoms. The minimum atomic E-state index is -3.62. The lowest BCUT2D eigenvalue weighted by Gasteiger charge is -2.17. The number of benzene rings is 1. The molecule has 6 nitrogen and oxygen atoms in total. The molecule has 0 amide bonds. The molecular weight excluding hydrogens is 312 g/mol. The largest absolute Gasteiger partial charge is 0.346 e. The van der Waals surface area contributed by atoms with Crippen LogP contribution in [0.1, 0.15) is 17.2 Å². The molecule has 2 heterocycles. The smallest absolute Gasteiger partial charge is 0.243 e. The third kappa shape index (κ3) is 2.85. The Hall–Kier alpha value is -2.25. The zero-order chi connectivity index (χ0) is 16.6. The van der Waals surface area contributed by atoms with E-state index in [2.05, 4.69) is 15.0 Å². The van der Waals surface area contributed by atoms with Crippen molar-refractivity contribution in [1.29, 1.82) is 0 Å². The number of nitrogens with zero attached hydrogens (tertiary/aromatic N) is 3. The summed E-state index contributed by atoms with van der Waals surface area (Å²) in [5.74, 6) is 0.777. The first kappa shape index (κ1) is 15.6. The van der Waals surface area contributed by atoms with Crippen LogP contribution < -0.4 is 0 Å². The first-order chi connectivity index (χ1) is 10.9. The van der Waals surface area contributed by atoms with Gasteiger partial charge in [-0.1, -0.05) is 12.1 Å². The standard InChI is InChI=1S/C16H18N4O2S/c1-11-15(19-12(2)18-11)10-20(3)23(21,22)16-6-4-5-13-9-17-8-7-14(13)16/h4-9H,10H2,1-3H3,(H,18,19). The predicted octanol–water partition coefficient (Wildman–Crippen LogP) is 2.40. The molecule has 0 saturated carbocycles. The van der Waals surface area contributed by atoms with E-state index in [0.717, 1.165) is 22.6 Å². The molecule has 0 fully saturated rings. The first-order valence-corrected chi connectivity index (χ1v) is 8.65. The van der Waals surface area contributed by atoms with Gasteiger partial charge in [0.25, 0.3) is 0 Å². The Kier molecular flexibility index (Phi) is 3.91. The summed E-state index contributed by atoms with van der Waals surface area (Å²) in [7, 11) is -2.05. The van der Waals surface area contributed by atoms with Gasteiger partial charge in [-0.3, -0.25) is 4.98 Å². The number of sulfonamides is 1. The molecule has 0 aliphatic carbocycles. The van der Waals surface area contributed by atoms with Crippen LogP contribution >= 0.6 is 0 Å².